The Morgan fingerprint density at radius 2 is 0.708 bits per heavy atom. The first-order valence-corrected chi connectivity index (χ1v) is 10.6. The number of hydrogen-bond acceptors (Lipinski definition) is 3. The zero-order chi connectivity index (χ0) is 17.9. The summed E-state index contributed by atoms with van der Waals surface area (Å²) in [6.45, 7) is 25.5. The van der Waals surface area contributed by atoms with Crippen molar-refractivity contribution in [3.05, 3.63) is 0 Å². The number of hydrogen-bond donors (Lipinski definition) is 0. The van der Waals surface area contributed by atoms with Crippen molar-refractivity contribution in [2.24, 2.45) is 17.8 Å². The first kappa shape index (κ1) is 21.9. The highest BCUT2D eigenvalue weighted by Gasteiger charge is 2.19. The van der Waals surface area contributed by atoms with Gasteiger partial charge in [-0.2, -0.15) is 0 Å². The molecule has 0 aromatic heterocycles. The summed E-state index contributed by atoms with van der Waals surface area (Å²) in [4.78, 5) is 8.19. The molecule has 1 rings (SSSR count). The fourth-order valence-electron chi connectivity index (χ4n) is 3.44. The maximum absolute atomic E-state index is 2.73. The third-order valence-corrected chi connectivity index (χ3v) is 6.00. The topological polar surface area (TPSA) is 9.72 Å². The Balaban J connectivity index is 2.67. The molecule has 0 aliphatic carbocycles. The SMILES string of the molecule is CCC(C)CN1CCN(CC(C)CC)CCN(CC(C)CC)CC1. The van der Waals surface area contributed by atoms with E-state index in [4.69, 9.17) is 0 Å². The summed E-state index contributed by atoms with van der Waals surface area (Å²) < 4.78 is 0. The van der Waals surface area contributed by atoms with Crippen LogP contribution in [0.3, 0.4) is 0 Å². The van der Waals surface area contributed by atoms with Crippen molar-refractivity contribution in [3.8, 4) is 0 Å². The minimum atomic E-state index is 0.816. The number of rotatable bonds is 9. The van der Waals surface area contributed by atoms with Crippen molar-refractivity contribution in [1.29, 1.82) is 0 Å². The Bertz CT molecular complexity index is 248. The van der Waals surface area contributed by atoms with Crippen LogP contribution in [0.1, 0.15) is 60.8 Å². The van der Waals surface area contributed by atoms with Crippen LogP contribution in [-0.4, -0.2) is 73.6 Å². The summed E-state index contributed by atoms with van der Waals surface area (Å²) in [6, 6.07) is 0. The first-order chi connectivity index (χ1) is 11.5. The molecule has 0 N–H and O–H groups in total. The van der Waals surface area contributed by atoms with Crippen LogP contribution in [-0.2, 0) is 0 Å². The van der Waals surface area contributed by atoms with E-state index in [1.165, 1.54) is 78.2 Å². The van der Waals surface area contributed by atoms with E-state index < -0.39 is 0 Å². The lowest BCUT2D eigenvalue weighted by Gasteiger charge is -2.28. The molecule has 0 amide bonds. The molecule has 0 aromatic rings. The Morgan fingerprint density at radius 1 is 0.500 bits per heavy atom. The van der Waals surface area contributed by atoms with Gasteiger partial charge in [0.15, 0.2) is 0 Å². The van der Waals surface area contributed by atoms with Gasteiger partial charge in [0.05, 0.1) is 0 Å². The van der Waals surface area contributed by atoms with Crippen molar-refractivity contribution in [3.63, 3.8) is 0 Å². The third kappa shape index (κ3) is 8.82. The molecule has 1 aliphatic rings. The van der Waals surface area contributed by atoms with Crippen LogP contribution in [0.25, 0.3) is 0 Å². The predicted molar refractivity (Wildman–Crippen MR) is 108 cm³/mol. The first-order valence-electron chi connectivity index (χ1n) is 10.6. The smallest absolute Gasteiger partial charge is 0.0110 e. The van der Waals surface area contributed by atoms with Gasteiger partial charge in [0, 0.05) is 58.9 Å². The predicted octanol–water partition coefficient (Wildman–Crippen LogP) is 4.04. The lowest BCUT2D eigenvalue weighted by molar-refractivity contribution is 0.186. The quantitative estimate of drug-likeness (QED) is 0.627. The van der Waals surface area contributed by atoms with Gasteiger partial charge in [0.25, 0.3) is 0 Å². The minimum absolute atomic E-state index is 0.816. The Labute approximate surface area is 152 Å². The molecule has 0 radical (unpaired) electrons. The minimum Gasteiger partial charge on any atom is -0.301 e. The van der Waals surface area contributed by atoms with Crippen LogP contribution in [0.5, 0.6) is 0 Å². The van der Waals surface area contributed by atoms with Gasteiger partial charge >= 0.3 is 0 Å². The number of nitrogens with zero attached hydrogens (tertiary/aromatic N) is 3. The van der Waals surface area contributed by atoms with E-state index in [1.807, 2.05) is 0 Å². The van der Waals surface area contributed by atoms with E-state index in [2.05, 4.69) is 56.2 Å². The summed E-state index contributed by atoms with van der Waals surface area (Å²) in [5.41, 5.74) is 0. The van der Waals surface area contributed by atoms with Gasteiger partial charge in [-0.3, -0.25) is 0 Å². The van der Waals surface area contributed by atoms with Crippen LogP contribution in [0.4, 0.5) is 0 Å². The summed E-state index contributed by atoms with van der Waals surface area (Å²) in [5, 5.41) is 0. The van der Waals surface area contributed by atoms with Crippen LogP contribution >= 0.6 is 0 Å². The molecule has 0 spiro atoms. The fourth-order valence-corrected chi connectivity index (χ4v) is 3.44. The van der Waals surface area contributed by atoms with E-state index in [0.717, 1.165) is 17.8 Å². The monoisotopic (exact) mass is 339 g/mol. The Hall–Kier alpha value is -0.120. The third-order valence-electron chi connectivity index (χ3n) is 6.00. The molecule has 144 valence electrons. The summed E-state index contributed by atoms with van der Waals surface area (Å²) in [7, 11) is 0. The molecule has 0 aromatic carbocycles. The lowest BCUT2D eigenvalue weighted by Crippen LogP contribution is -2.39. The molecule has 3 nitrogen and oxygen atoms in total. The summed E-state index contributed by atoms with van der Waals surface area (Å²) in [6.07, 6.45) is 3.89. The average Bonchev–Trinajstić information content (AvgIpc) is 2.67. The maximum Gasteiger partial charge on any atom is 0.0110 e. The van der Waals surface area contributed by atoms with Crippen LogP contribution in [0.2, 0.25) is 0 Å². The van der Waals surface area contributed by atoms with Crippen molar-refractivity contribution in [2.75, 3.05) is 58.9 Å². The molecule has 3 heteroatoms. The second-order valence-electron chi connectivity index (χ2n) is 8.44. The lowest BCUT2D eigenvalue weighted by atomic mass is 10.1. The zero-order valence-electron chi connectivity index (χ0n) is 17.6. The molecule has 0 bridgehead atoms. The van der Waals surface area contributed by atoms with Gasteiger partial charge in [-0.1, -0.05) is 60.8 Å². The molecule has 24 heavy (non-hydrogen) atoms. The van der Waals surface area contributed by atoms with Gasteiger partial charge < -0.3 is 14.7 Å². The molecular formula is C21H45N3. The average molecular weight is 340 g/mol. The van der Waals surface area contributed by atoms with Gasteiger partial charge in [0.2, 0.25) is 0 Å². The van der Waals surface area contributed by atoms with Crippen LogP contribution < -0.4 is 0 Å². The highest BCUT2D eigenvalue weighted by Crippen LogP contribution is 2.11. The largest absolute Gasteiger partial charge is 0.301 e. The second kappa shape index (κ2) is 12.3. The summed E-state index contributed by atoms with van der Waals surface area (Å²) >= 11 is 0. The summed E-state index contributed by atoms with van der Waals surface area (Å²) in [5.74, 6) is 2.45. The van der Waals surface area contributed by atoms with E-state index in [1.54, 1.807) is 0 Å². The standard InChI is InChI=1S/C21H45N3/c1-7-19(4)16-22-10-12-23(17-20(5)8-2)14-15-24(13-11-22)18-21(6)9-3/h19-21H,7-18H2,1-6H3. The van der Waals surface area contributed by atoms with Crippen LogP contribution in [0.15, 0.2) is 0 Å². The van der Waals surface area contributed by atoms with Crippen molar-refractivity contribution in [2.45, 2.75) is 60.8 Å². The molecule has 3 unspecified atom stereocenters. The molecule has 1 aliphatic heterocycles. The highest BCUT2D eigenvalue weighted by atomic mass is 15.3. The molecule has 1 fully saturated rings. The molecular weight excluding hydrogens is 294 g/mol. The molecule has 0 saturated carbocycles. The van der Waals surface area contributed by atoms with Gasteiger partial charge in [-0.15, -0.1) is 0 Å². The van der Waals surface area contributed by atoms with E-state index in [9.17, 15) is 0 Å². The second-order valence-corrected chi connectivity index (χ2v) is 8.44. The highest BCUT2D eigenvalue weighted by molar-refractivity contribution is 4.74. The van der Waals surface area contributed by atoms with Gasteiger partial charge in [0.1, 0.15) is 0 Å². The van der Waals surface area contributed by atoms with Gasteiger partial charge in [-0.05, 0) is 17.8 Å². The Morgan fingerprint density at radius 3 is 0.875 bits per heavy atom. The van der Waals surface area contributed by atoms with Crippen molar-refractivity contribution in [1.82, 2.24) is 14.7 Å². The maximum atomic E-state index is 2.73. The van der Waals surface area contributed by atoms with Crippen molar-refractivity contribution < 1.29 is 0 Å². The Kier molecular flexibility index (Phi) is 11.2. The fraction of sp³-hybridized carbons (Fsp3) is 1.00. The molecule has 1 heterocycles. The van der Waals surface area contributed by atoms with Crippen molar-refractivity contribution >= 4 is 0 Å². The zero-order valence-corrected chi connectivity index (χ0v) is 17.6. The molecule has 3 atom stereocenters. The van der Waals surface area contributed by atoms with E-state index >= 15 is 0 Å². The van der Waals surface area contributed by atoms with Crippen LogP contribution in [0, 0.1) is 17.8 Å². The normalized spacial score (nSPS) is 23.2. The van der Waals surface area contributed by atoms with E-state index in [-0.39, 0.29) is 0 Å². The van der Waals surface area contributed by atoms with E-state index in [0.29, 0.717) is 0 Å². The molecule has 1 saturated heterocycles. The van der Waals surface area contributed by atoms with Gasteiger partial charge in [-0.25, -0.2) is 0 Å².